The summed E-state index contributed by atoms with van der Waals surface area (Å²) in [6.45, 7) is 2.08. The molecule has 1 aromatic heterocycles. The van der Waals surface area contributed by atoms with E-state index < -0.39 is 0 Å². The number of hydrogen-bond acceptors (Lipinski definition) is 2. The summed E-state index contributed by atoms with van der Waals surface area (Å²) in [4.78, 5) is 4.40. The highest BCUT2D eigenvalue weighted by molar-refractivity contribution is 5.75. The van der Waals surface area contributed by atoms with Gasteiger partial charge in [0.05, 0.1) is 0 Å². The smallest absolute Gasteiger partial charge is 0.220 e. The maximum Gasteiger partial charge on any atom is 0.220 e. The van der Waals surface area contributed by atoms with E-state index in [9.17, 15) is 0 Å². The van der Waals surface area contributed by atoms with Crippen molar-refractivity contribution in [1.82, 2.24) is 4.98 Å². The van der Waals surface area contributed by atoms with Gasteiger partial charge in [-0.05, 0) is 30.7 Å². The first-order valence-corrected chi connectivity index (χ1v) is 5.91. The van der Waals surface area contributed by atoms with Gasteiger partial charge in [-0.3, -0.25) is 0 Å². The zero-order valence-corrected chi connectivity index (χ0v) is 10.1. The van der Waals surface area contributed by atoms with Crippen molar-refractivity contribution in [2.24, 2.45) is 0 Å². The summed E-state index contributed by atoms with van der Waals surface area (Å²) in [7, 11) is 0. The van der Waals surface area contributed by atoms with Gasteiger partial charge in [0.2, 0.25) is 5.89 Å². The third-order valence-corrected chi connectivity index (χ3v) is 2.77. The lowest BCUT2D eigenvalue weighted by molar-refractivity contribution is 0.590. The van der Waals surface area contributed by atoms with Crippen LogP contribution in [0.4, 0.5) is 0 Å². The molecule has 0 bridgehead atoms. The van der Waals surface area contributed by atoms with Crippen molar-refractivity contribution < 1.29 is 4.42 Å². The summed E-state index contributed by atoms with van der Waals surface area (Å²) in [6, 6.07) is 16.1. The van der Waals surface area contributed by atoms with Crippen LogP contribution in [0, 0.1) is 6.92 Å². The monoisotopic (exact) mass is 235 g/mol. The molecule has 2 aromatic carbocycles. The lowest BCUT2D eigenvalue weighted by Crippen LogP contribution is -1.75. The van der Waals surface area contributed by atoms with Crippen molar-refractivity contribution in [2.75, 3.05) is 0 Å². The molecule has 0 atom stereocenters. The number of nitrogens with zero attached hydrogens (tertiary/aromatic N) is 1. The second-order valence-corrected chi connectivity index (χ2v) is 4.27. The molecule has 1 heterocycles. The molecule has 0 radical (unpaired) electrons. The highest BCUT2D eigenvalue weighted by Crippen LogP contribution is 2.16. The van der Waals surface area contributed by atoms with Crippen LogP contribution >= 0.6 is 0 Å². The topological polar surface area (TPSA) is 26.0 Å². The third kappa shape index (κ3) is 2.18. The third-order valence-electron chi connectivity index (χ3n) is 2.77. The zero-order chi connectivity index (χ0) is 12.4. The zero-order valence-electron chi connectivity index (χ0n) is 10.1. The number of aryl methyl sites for hydroxylation is 1. The lowest BCUT2D eigenvalue weighted by Gasteiger charge is -1.94. The quantitative estimate of drug-likeness (QED) is 0.661. The minimum Gasteiger partial charge on any atom is -0.437 e. The van der Waals surface area contributed by atoms with Crippen molar-refractivity contribution in [1.29, 1.82) is 0 Å². The molecule has 0 spiro atoms. The molecule has 3 aromatic rings. The SMILES string of the molecule is Cc1cccc(C=Cc2nc3ccccc3o2)c1. The Morgan fingerprint density at radius 1 is 1.00 bits per heavy atom. The summed E-state index contributed by atoms with van der Waals surface area (Å²) in [5.74, 6) is 0.637. The molecular formula is C16H13NO. The molecule has 2 nitrogen and oxygen atoms in total. The lowest BCUT2D eigenvalue weighted by atomic mass is 10.1. The summed E-state index contributed by atoms with van der Waals surface area (Å²) < 4.78 is 5.62. The normalized spacial score (nSPS) is 11.4. The standard InChI is InChI=1S/C16H13NO/c1-12-5-4-6-13(11-12)9-10-16-17-14-7-2-3-8-15(14)18-16/h2-11H,1H3. The number of fused-ring (bicyclic) bond motifs is 1. The van der Waals surface area contributed by atoms with Crippen LogP contribution in [-0.2, 0) is 0 Å². The Kier molecular flexibility index (Phi) is 2.69. The van der Waals surface area contributed by atoms with Crippen molar-refractivity contribution in [3.8, 4) is 0 Å². The molecule has 0 unspecified atom stereocenters. The van der Waals surface area contributed by atoms with E-state index in [1.807, 2.05) is 42.5 Å². The first-order valence-electron chi connectivity index (χ1n) is 5.91. The van der Waals surface area contributed by atoms with Crippen molar-refractivity contribution in [3.63, 3.8) is 0 Å². The van der Waals surface area contributed by atoms with Crippen LogP contribution in [0.2, 0.25) is 0 Å². The maximum absolute atomic E-state index is 5.62. The minimum atomic E-state index is 0.637. The first-order chi connectivity index (χ1) is 8.81. The van der Waals surface area contributed by atoms with Gasteiger partial charge in [-0.1, -0.05) is 42.0 Å². The number of aromatic nitrogens is 1. The van der Waals surface area contributed by atoms with Crippen LogP contribution in [0.5, 0.6) is 0 Å². The Balaban J connectivity index is 1.92. The van der Waals surface area contributed by atoms with Crippen molar-refractivity contribution in [3.05, 3.63) is 65.5 Å². The number of hydrogen-bond donors (Lipinski definition) is 0. The Labute approximate surface area is 106 Å². The highest BCUT2D eigenvalue weighted by atomic mass is 16.3. The van der Waals surface area contributed by atoms with E-state index in [1.54, 1.807) is 0 Å². The molecule has 0 fully saturated rings. The largest absolute Gasteiger partial charge is 0.437 e. The van der Waals surface area contributed by atoms with Crippen molar-refractivity contribution in [2.45, 2.75) is 6.92 Å². The number of rotatable bonds is 2. The van der Waals surface area contributed by atoms with E-state index in [4.69, 9.17) is 4.42 Å². The molecule has 0 N–H and O–H groups in total. The van der Waals surface area contributed by atoms with Crippen LogP contribution < -0.4 is 0 Å². The fourth-order valence-electron chi connectivity index (χ4n) is 1.90. The van der Waals surface area contributed by atoms with E-state index in [0.29, 0.717) is 5.89 Å². The summed E-state index contributed by atoms with van der Waals surface area (Å²) in [5, 5.41) is 0. The Morgan fingerprint density at radius 2 is 1.89 bits per heavy atom. The van der Waals surface area contributed by atoms with E-state index in [2.05, 4.69) is 30.1 Å². The van der Waals surface area contributed by atoms with Gasteiger partial charge in [0.25, 0.3) is 0 Å². The average molecular weight is 235 g/mol. The molecule has 0 saturated heterocycles. The van der Waals surface area contributed by atoms with Crippen LogP contribution in [0.15, 0.2) is 52.9 Å². The van der Waals surface area contributed by atoms with Gasteiger partial charge in [0, 0.05) is 6.08 Å². The van der Waals surface area contributed by atoms with Crippen LogP contribution in [0.3, 0.4) is 0 Å². The molecule has 0 saturated carbocycles. The van der Waals surface area contributed by atoms with E-state index in [-0.39, 0.29) is 0 Å². The van der Waals surface area contributed by atoms with Gasteiger partial charge in [0.1, 0.15) is 5.52 Å². The van der Waals surface area contributed by atoms with E-state index in [1.165, 1.54) is 5.56 Å². The van der Waals surface area contributed by atoms with Crippen LogP contribution in [-0.4, -0.2) is 4.98 Å². The summed E-state index contributed by atoms with van der Waals surface area (Å²) in [6.07, 6.45) is 3.91. The molecule has 0 aliphatic carbocycles. The van der Waals surface area contributed by atoms with Gasteiger partial charge in [-0.25, -0.2) is 4.98 Å². The molecule has 2 heteroatoms. The minimum absolute atomic E-state index is 0.637. The molecular weight excluding hydrogens is 222 g/mol. The first kappa shape index (κ1) is 10.8. The van der Waals surface area contributed by atoms with Crippen LogP contribution in [0.1, 0.15) is 17.0 Å². The van der Waals surface area contributed by atoms with Crippen LogP contribution in [0.25, 0.3) is 23.3 Å². The predicted octanol–water partition coefficient (Wildman–Crippen LogP) is 4.31. The Morgan fingerprint density at radius 3 is 2.72 bits per heavy atom. The van der Waals surface area contributed by atoms with E-state index >= 15 is 0 Å². The number of para-hydroxylation sites is 2. The number of benzene rings is 2. The molecule has 0 amide bonds. The highest BCUT2D eigenvalue weighted by Gasteiger charge is 2.00. The fourth-order valence-corrected chi connectivity index (χ4v) is 1.90. The summed E-state index contributed by atoms with van der Waals surface area (Å²) >= 11 is 0. The second kappa shape index (κ2) is 4.49. The fraction of sp³-hybridized carbons (Fsp3) is 0.0625. The average Bonchev–Trinajstić information content (AvgIpc) is 2.79. The van der Waals surface area contributed by atoms with Gasteiger partial charge in [-0.15, -0.1) is 0 Å². The molecule has 3 rings (SSSR count). The maximum atomic E-state index is 5.62. The van der Waals surface area contributed by atoms with Gasteiger partial charge in [0.15, 0.2) is 5.58 Å². The predicted molar refractivity (Wildman–Crippen MR) is 74.1 cm³/mol. The van der Waals surface area contributed by atoms with Gasteiger partial charge in [-0.2, -0.15) is 0 Å². The number of oxazole rings is 1. The molecule has 0 aliphatic heterocycles. The van der Waals surface area contributed by atoms with Gasteiger partial charge >= 0.3 is 0 Å². The second-order valence-electron chi connectivity index (χ2n) is 4.27. The van der Waals surface area contributed by atoms with Crippen molar-refractivity contribution >= 4 is 23.3 Å². The van der Waals surface area contributed by atoms with E-state index in [0.717, 1.165) is 16.7 Å². The Hall–Kier alpha value is -2.35. The molecule has 0 aliphatic rings. The molecule has 18 heavy (non-hydrogen) atoms. The van der Waals surface area contributed by atoms with Gasteiger partial charge < -0.3 is 4.42 Å². The Bertz CT molecular complexity index is 677. The molecule has 88 valence electrons. The summed E-state index contributed by atoms with van der Waals surface area (Å²) in [5.41, 5.74) is 4.11.